The second-order valence-electron chi connectivity index (χ2n) is 4.91. The molecule has 0 aromatic heterocycles. The van der Waals surface area contributed by atoms with Crippen LogP contribution in [-0.4, -0.2) is 18.2 Å². The highest BCUT2D eigenvalue weighted by Gasteiger charge is 2.37. The third-order valence-electron chi connectivity index (χ3n) is 3.67. The Balaban J connectivity index is 2.37. The fourth-order valence-electron chi connectivity index (χ4n) is 2.47. The Morgan fingerprint density at radius 1 is 1.28 bits per heavy atom. The van der Waals surface area contributed by atoms with Crippen molar-refractivity contribution < 1.29 is 18.3 Å². The van der Waals surface area contributed by atoms with Gasteiger partial charge in [-0.1, -0.05) is 6.07 Å². The van der Waals surface area contributed by atoms with Gasteiger partial charge in [-0.25, -0.2) is 13.2 Å². The van der Waals surface area contributed by atoms with E-state index in [-0.39, 0.29) is 11.5 Å². The first kappa shape index (κ1) is 13.4. The number of nitrogens with one attached hydrogen (secondary N) is 1. The molecule has 0 aliphatic carbocycles. The van der Waals surface area contributed by atoms with Crippen LogP contribution in [0.15, 0.2) is 12.1 Å². The third-order valence-corrected chi connectivity index (χ3v) is 3.67. The zero-order chi connectivity index (χ0) is 13.3. The molecule has 100 valence electrons. The van der Waals surface area contributed by atoms with Gasteiger partial charge in [-0.15, -0.1) is 0 Å². The van der Waals surface area contributed by atoms with Crippen LogP contribution in [0.1, 0.15) is 25.3 Å². The lowest BCUT2D eigenvalue weighted by Gasteiger charge is -2.36. The van der Waals surface area contributed by atoms with Gasteiger partial charge in [0.15, 0.2) is 17.5 Å². The maximum Gasteiger partial charge on any atom is 0.194 e. The Hall–Kier alpha value is -1.07. The Morgan fingerprint density at radius 3 is 2.61 bits per heavy atom. The van der Waals surface area contributed by atoms with Crippen molar-refractivity contribution in [2.24, 2.45) is 5.92 Å². The van der Waals surface area contributed by atoms with Gasteiger partial charge in [0.2, 0.25) is 0 Å². The monoisotopic (exact) mass is 259 g/mol. The summed E-state index contributed by atoms with van der Waals surface area (Å²) in [6.07, 6.45) is 1.59. The van der Waals surface area contributed by atoms with E-state index in [2.05, 4.69) is 5.32 Å². The van der Waals surface area contributed by atoms with Gasteiger partial charge in [0, 0.05) is 18.0 Å². The van der Waals surface area contributed by atoms with Crippen LogP contribution in [0.3, 0.4) is 0 Å². The second-order valence-corrected chi connectivity index (χ2v) is 4.91. The maximum absolute atomic E-state index is 13.7. The largest absolute Gasteiger partial charge is 0.385 e. The number of benzene rings is 1. The molecule has 1 aliphatic heterocycles. The van der Waals surface area contributed by atoms with Gasteiger partial charge in [-0.2, -0.15) is 0 Å². The molecule has 0 bridgehead atoms. The molecule has 2 nitrogen and oxygen atoms in total. The summed E-state index contributed by atoms with van der Waals surface area (Å²) < 4.78 is 39.8. The second kappa shape index (κ2) is 4.90. The van der Waals surface area contributed by atoms with E-state index in [1.165, 1.54) is 6.92 Å². The van der Waals surface area contributed by atoms with Crippen molar-refractivity contribution in [1.82, 2.24) is 5.32 Å². The summed E-state index contributed by atoms with van der Waals surface area (Å²) in [6, 6.07) is 1.96. The molecular formula is C13H16F3NO. The Kier molecular flexibility index (Phi) is 3.64. The van der Waals surface area contributed by atoms with E-state index in [0.717, 1.165) is 31.5 Å². The lowest BCUT2D eigenvalue weighted by Crippen LogP contribution is -2.43. The average molecular weight is 259 g/mol. The van der Waals surface area contributed by atoms with Gasteiger partial charge < -0.3 is 10.4 Å². The molecule has 5 heteroatoms. The zero-order valence-corrected chi connectivity index (χ0v) is 10.1. The van der Waals surface area contributed by atoms with Gasteiger partial charge in [0.1, 0.15) is 0 Å². The molecule has 1 heterocycles. The Labute approximate surface area is 104 Å². The van der Waals surface area contributed by atoms with Gasteiger partial charge in [0.25, 0.3) is 0 Å². The standard InChI is InChI=1S/C13H16F3NO/c1-13(18,8-3-2-6-17-7-8)9-4-5-10(14)12(16)11(9)15/h4-5,8,17-18H,2-3,6-7H2,1H3. The van der Waals surface area contributed by atoms with E-state index in [0.29, 0.717) is 6.54 Å². The van der Waals surface area contributed by atoms with Gasteiger partial charge in [0.05, 0.1) is 5.60 Å². The summed E-state index contributed by atoms with van der Waals surface area (Å²) in [5.41, 5.74) is -1.69. The maximum atomic E-state index is 13.7. The van der Waals surface area contributed by atoms with Crippen LogP contribution in [0, 0.1) is 23.4 Å². The predicted molar refractivity (Wildman–Crippen MR) is 61.5 cm³/mol. The van der Waals surface area contributed by atoms with Crippen LogP contribution >= 0.6 is 0 Å². The van der Waals surface area contributed by atoms with Gasteiger partial charge in [-0.3, -0.25) is 0 Å². The first-order valence-electron chi connectivity index (χ1n) is 6.01. The Morgan fingerprint density at radius 2 is 2.00 bits per heavy atom. The zero-order valence-electron chi connectivity index (χ0n) is 10.1. The number of piperidine rings is 1. The molecule has 2 N–H and O–H groups in total. The molecule has 1 aliphatic rings. The van der Waals surface area contributed by atoms with Gasteiger partial charge in [-0.05, 0) is 32.4 Å². The molecule has 18 heavy (non-hydrogen) atoms. The van der Waals surface area contributed by atoms with E-state index in [9.17, 15) is 18.3 Å². The number of hydrogen-bond acceptors (Lipinski definition) is 2. The molecule has 0 spiro atoms. The SMILES string of the molecule is CC(O)(c1ccc(F)c(F)c1F)C1CCCNC1. The minimum atomic E-state index is -1.53. The summed E-state index contributed by atoms with van der Waals surface area (Å²) in [6.45, 7) is 2.83. The van der Waals surface area contributed by atoms with Gasteiger partial charge >= 0.3 is 0 Å². The fraction of sp³-hybridized carbons (Fsp3) is 0.538. The van der Waals surface area contributed by atoms with Crippen LogP contribution in [0.25, 0.3) is 0 Å². The predicted octanol–water partition coefficient (Wildman–Crippen LogP) is 2.31. The van der Waals surface area contributed by atoms with Crippen molar-refractivity contribution in [2.45, 2.75) is 25.4 Å². The van der Waals surface area contributed by atoms with E-state index < -0.39 is 23.1 Å². The molecular weight excluding hydrogens is 243 g/mol. The van der Waals surface area contributed by atoms with E-state index >= 15 is 0 Å². The summed E-state index contributed by atoms with van der Waals surface area (Å²) in [7, 11) is 0. The number of halogens is 3. The number of hydrogen-bond donors (Lipinski definition) is 2. The molecule has 1 aromatic rings. The van der Waals surface area contributed by atoms with Crippen molar-refractivity contribution in [3.63, 3.8) is 0 Å². The number of aliphatic hydroxyl groups is 1. The summed E-state index contributed by atoms with van der Waals surface area (Å²) in [5.74, 6) is -4.29. The first-order valence-corrected chi connectivity index (χ1v) is 6.01. The van der Waals surface area contributed by atoms with Crippen molar-refractivity contribution >= 4 is 0 Å². The highest BCUT2D eigenvalue weighted by Crippen LogP contribution is 2.35. The van der Waals surface area contributed by atoms with Crippen molar-refractivity contribution in [1.29, 1.82) is 0 Å². The smallest absolute Gasteiger partial charge is 0.194 e. The molecule has 0 saturated carbocycles. The fourth-order valence-corrected chi connectivity index (χ4v) is 2.47. The molecule has 2 rings (SSSR count). The lowest BCUT2D eigenvalue weighted by atomic mass is 9.78. The van der Waals surface area contributed by atoms with E-state index in [4.69, 9.17) is 0 Å². The highest BCUT2D eigenvalue weighted by atomic mass is 19.2. The average Bonchev–Trinajstić information content (AvgIpc) is 2.37. The van der Waals surface area contributed by atoms with Crippen molar-refractivity contribution in [2.75, 3.05) is 13.1 Å². The lowest BCUT2D eigenvalue weighted by molar-refractivity contribution is -0.0191. The summed E-state index contributed by atoms with van der Waals surface area (Å²) >= 11 is 0. The number of rotatable bonds is 2. The van der Waals surface area contributed by atoms with Crippen LogP contribution in [0.5, 0.6) is 0 Å². The molecule has 2 atom stereocenters. The molecule has 1 fully saturated rings. The molecule has 0 radical (unpaired) electrons. The molecule has 1 saturated heterocycles. The minimum absolute atomic E-state index is 0.185. The first-order chi connectivity index (χ1) is 8.44. The van der Waals surface area contributed by atoms with Crippen LogP contribution < -0.4 is 5.32 Å². The highest BCUT2D eigenvalue weighted by molar-refractivity contribution is 5.26. The molecule has 2 unspecified atom stereocenters. The molecule has 1 aromatic carbocycles. The van der Waals surface area contributed by atoms with Crippen LogP contribution in [0.2, 0.25) is 0 Å². The Bertz CT molecular complexity index is 442. The summed E-state index contributed by atoms with van der Waals surface area (Å²) in [5, 5.41) is 13.5. The van der Waals surface area contributed by atoms with Crippen molar-refractivity contribution in [3.05, 3.63) is 35.1 Å². The van der Waals surface area contributed by atoms with E-state index in [1.54, 1.807) is 0 Å². The summed E-state index contributed by atoms with van der Waals surface area (Å²) in [4.78, 5) is 0. The normalized spacial score (nSPS) is 23.7. The van der Waals surface area contributed by atoms with E-state index in [1.807, 2.05) is 0 Å². The molecule has 0 amide bonds. The van der Waals surface area contributed by atoms with Crippen LogP contribution in [-0.2, 0) is 5.60 Å². The minimum Gasteiger partial charge on any atom is -0.385 e. The van der Waals surface area contributed by atoms with Crippen molar-refractivity contribution in [3.8, 4) is 0 Å². The third kappa shape index (κ3) is 2.24. The topological polar surface area (TPSA) is 32.3 Å². The quantitative estimate of drug-likeness (QED) is 0.799. The van der Waals surface area contributed by atoms with Crippen LogP contribution in [0.4, 0.5) is 13.2 Å².